The third kappa shape index (κ3) is 3.42. The first-order valence-corrected chi connectivity index (χ1v) is 10.7. The van der Waals surface area contributed by atoms with Crippen molar-refractivity contribution < 1.29 is 0 Å². The molecule has 6 heteroatoms. The monoisotopic (exact) mass is 454 g/mol. The number of rotatable bonds is 3. The second-order valence-electron chi connectivity index (χ2n) is 7.37. The summed E-state index contributed by atoms with van der Waals surface area (Å²) >= 11 is 12.2. The maximum absolute atomic E-state index is 10.2. The van der Waals surface area contributed by atoms with E-state index < -0.39 is 0 Å². The standard InChI is InChI=1S/C26H16Cl2N4/c1-16-23-24(17-7-9-19(27)10-8-17)22(15-29)25(18-5-3-2-4-6-18)30-26(23)32(31-16)21-13-11-20(28)12-14-21/h2-14H,1H3. The normalized spacial score (nSPS) is 10.9. The van der Waals surface area contributed by atoms with Crippen LogP contribution >= 0.6 is 23.2 Å². The van der Waals surface area contributed by atoms with Gasteiger partial charge in [0, 0.05) is 21.2 Å². The van der Waals surface area contributed by atoms with Gasteiger partial charge in [-0.3, -0.25) is 0 Å². The van der Waals surface area contributed by atoms with E-state index in [0.29, 0.717) is 26.9 Å². The lowest BCUT2D eigenvalue weighted by atomic mass is 9.93. The van der Waals surface area contributed by atoms with Crippen molar-refractivity contribution in [3.8, 4) is 34.1 Å². The molecule has 154 valence electrons. The molecule has 0 bridgehead atoms. The highest BCUT2D eigenvalue weighted by Gasteiger charge is 2.23. The number of hydrogen-bond acceptors (Lipinski definition) is 3. The molecular weight excluding hydrogens is 439 g/mol. The predicted octanol–water partition coefficient (Wildman–Crippen LogP) is 7.24. The zero-order valence-corrected chi connectivity index (χ0v) is 18.6. The predicted molar refractivity (Wildman–Crippen MR) is 129 cm³/mol. The first kappa shape index (κ1) is 20.3. The minimum atomic E-state index is 0.504. The Morgan fingerprint density at radius 3 is 2.06 bits per heavy atom. The van der Waals surface area contributed by atoms with Crippen molar-refractivity contribution in [2.24, 2.45) is 0 Å². The highest BCUT2D eigenvalue weighted by atomic mass is 35.5. The van der Waals surface area contributed by atoms with Gasteiger partial charge in [0.1, 0.15) is 6.07 Å². The summed E-state index contributed by atoms with van der Waals surface area (Å²) in [5.74, 6) is 0. The van der Waals surface area contributed by atoms with Crippen LogP contribution in [0.3, 0.4) is 0 Å². The zero-order chi connectivity index (χ0) is 22.2. The topological polar surface area (TPSA) is 54.5 Å². The maximum atomic E-state index is 10.2. The molecule has 0 aliphatic heterocycles. The number of benzene rings is 3. The Kier molecular flexibility index (Phi) is 5.14. The molecule has 0 saturated heterocycles. The zero-order valence-electron chi connectivity index (χ0n) is 17.1. The van der Waals surface area contributed by atoms with E-state index >= 15 is 0 Å². The lowest BCUT2D eigenvalue weighted by Crippen LogP contribution is -2.01. The summed E-state index contributed by atoms with van der Waals surface area (Å²) < 4.78 is 1.80. The summed E-state index contributed by atoms with van der Waals surface area (Å²) in [6.45, 7) is 1.93. The molecule has 2 aromatic heterocycles. The maximum Gasteiger partial charge on any atom is 0.164 e. The Hall–Kier alpha value is -3.65. The minimum Gasteiger partial charge on any atom is -0.226 e. The smallest absolute Gasteiger partial charge is 0.164 e. The fraction of sp³-hybridized carbons (Fsp3) is 0.0385. The molecule has 5 aromatic rings. The van der Waals surface area contributed by atoms with Crippen molar-refractivity contribution in [3.63, 3.8) is 0 Å². The van der Waals surface area contributed by atoms with Crippen molar-refractivity contribution in [2.75, 3.05) is 0 Å². The van der Waals surface area contributed by atoms with E-state index in [2.05, 4.69) is 6.07 Å². The number of nitrogens with zero attached hydrogens (tertiary/aromatic N) is 4. The summed E-state index contributed by atoms with van der Waals surface area (Å²) in [4.78, 5) is 4.96. The molecule has 0 amide bonds. The molecule has 32 heavy (non-hydrogen) atoms. The largest absolute Gasteiger partial charge is 0.226 e. The Morgan fingerprint density at radius 2 is 1.44 bits per heavy atom. The van der Waals surface area contributed by atoms with Crippen LogP contribution in [0.2, 0.25) is 10.0 Å². The van der Waals surface area contributed by atoms with Crippen molar-refractivity contribution >= 4 is 34.2 Å². The first-order chi connectivity index (χ1) is 15.6. The lowest BCUT2D eigenvalue weighted by Gasteiger charge is -2.13. The summed E-state index contributed by atoms with van der Waals surface area (Å²) in [6, 6.07) is 27.1. The summed E-state index contributed by atoms with van der Waals surface area (Å²) in [5, 5.41) is 17.1. The second kappa shape index (κ2) is 8.12. The van der Waals surface area contributed by atoms with Gasteiger partial charge < -0.3 is 0 Å². The fourth-order valence-corrected chi connectivity index (χ4v) is 4.15. The van der Waals surface area contributed by atoms with Crippen LogP contribution in [-0.2, 0) is 0 Å². The number of fused-ring (bicyclic) bond motifs is 1. The van der Waals surface area contributed by atoms with Crippen LogP contribution in [0, 0.1) is 18.3 Å². The van der Waals surface area contributed by atoms with Crippen molar-refractivity contribution in [3.05, 3.63) is 100 Å². The Balaban J connectivity index is 1.92. The van der Waals surface area contributed by atoms with Crippen LogP contribution in [0.1, 0.15) is 11.3 Å². The Labute approximate surface area is 195 Å². The molecule has 0 radical (unpaired) electrons. The summed E-state index contributed by atoms with van der Waals surface area (Å²) in [7, 11) is 0. The highest BCUT2D eigenvalue weighted by molar-refractivity contribution is 6.31. The molecule has 0 N–H and O–H groups in total. The van der Waals surface area contributed by atoms with Crippen LogP contribution in [0.25, 0.3) is 39.1 Å². The SMILES string of the molecule is Cc1nn(-c2ccc(Cl)cc2)c2nc(-c3ccccc3)c(C#N)c(-c3ccc(Cl)cc3)c12. The van der Waals surface area contributed by atoms with E-state index in [1.165, 1.54) is 0 Å². The highest BCUT2D eigenvalue weighted by Crippen LogP contribution is 2.39. The van der Waals surface area contributed by atoms with Gasteiger partial charge in [-0.2, -0.15) is 10.4 Å². The Bertz CT molecular complexity index is 1480. The molecule has 0 atom stereocenters. The van der Waals surface area contributed by atoms with Gasteiger partial charge in [-0.05, 0) is 48.9 Å². The summed E-state index contributed by atoms with van der Waals surface area (Å²) in [6.07, 6.45) is 0. The van der Waals surface area contributed by atoms with Gasteiger partial charge in [0.25, 0.3) is 0 Å². The number of hydrogen-bond donors (Lipinski definition) is 0. The molecule has 4 nitrogen and oxygen atoms in total. The minimum absolute atomic E-state index is 0.504. The van der Waals surface area contributed by atoms with Gasteiger partial charge in [0.15, 0.2) is 5.65 Å². The molecule has 0 unspecified atom stereocenters. The van der Waals surface area contributed by atoms with Gasteiger partial charge in [-0.15, -0.1) is 0 Å². The van der Waals surface area contributed by atoms with E-state index in [9.17, 15) is 5.26 Å². The van der Waals surface area contributed by atoms with Crippen LogP contribution in [0.4, 0.5) is 0 Å². The van der Waals surface area contributed by atoms with E-state index in [1.54, 1.807) is 4.68 Å². The third-order valence-corrected chi connectivity index (χ3v) is 5.86. The molecule has 2 heterocycles. The van der Waals surface area contributed by atoms with E-state index in [0.717, 1.165) is 33.5 Å². The molecule has 0 fully saturated rings. The van der Waals surface area contributed by atoms with E-state index in [-0.39, 0.29) is 0 Å². The molecule has 3 aromatic carbocycles. The van der Waals surface area contributed by atoms with Crippen molar-refractivity contribution in [1.82, 2.24) is 14.8 Å². The van der Waals surface area contributed by atoms with Crippen LogP contribution in [0.15, 0.2) is 78.9 Å². The van der Waals surface area contributed by atoms with E-state index in [1.807, 2.05) is 85.8 Å². The molecule has 0 aliphatic rings. The van der Waals surface area contributed by atoms with Crippen LogP contribution < -0.4 is 0 Å². The summed E-state index contributed by atoms with van der Waals surface area (Å²) in [5.41, 5.74) is 5.95. The van der Waals surface area contributed by atoms with Crippen LogP contribution in [-0.4, -0.2) is 14.8 Å². The number of aryl methyl sites for hydroxylation is 1. The van der Waals surface area contributed by atoms with Gasteiger partial charge in [-0.25, -0.2) is 9.67 Å². The average molecular weight is 455 g/mol. The molecule has 5 rings (SSSR count). The first-order valence-electron chi connectivity index (χ1n) is 9.97. The average Bonchev–Trinajstić information content (AvgIpc) is 3.15. The van der Waals surface area contributed by atoms with Gasteiger partial charge in [-0.1, -0.05) is 65.7 Å². The van der Waals surface area contributed by atoms with Gasteiger partial charge in [0.2, 0.25) is 0 Å². The van der Waals surface area contributed by atoms with Crippen LogP contribution in [0.5, 0.6) is 0 Å². The van der Waals surface area contributed by atoms with Crippen molar-refractivity contribution in [1.29, 1.82) is 5.26 Å². The fourth-order valence-electron chi connectivity index (χ4n) is 3.90. The molecule has 0 saturated carbocycles. The Morgan fingerprint density at radius 1 is 0.812 bits per heavy atom. The number of aromatic nitrogens is 3. The third-order valence-electron chi connectivity index (χ3n) is 5.35. The quantitative estimate of drug-likeness (QED) is 0.288. The molecule has 0 spiro atoms. The molecule has 0 aliphatic carbocycles. The van der Waals surface area contributed by atoms with Gasteiger partial charge >= 0.3 is 0 Å². The van der Waals surface area contributed by atoms with Crippen molar-refractivity contribution in [2.45, 2.75) is 6.92 Å². The number of nitriles is 1. The van der Waals surface area contributed by atoms with E-state index in [4.69, 9.17) is 33.3 Å². The molecular formula is C26H16Cl2N4. The number of halogens is 2. The lowest BCUT2D eigenvalue weighted by molar-refractivity contribution is 0.878. The van der Waals surface area contributed by atoms with Gasteiger partial charge in [0.05, 0.1) is 28.0 Å². The number of pyridine rings is 1. The second-order valence-corrected chi connectivity index (χ2v) is 8.24.